The van der Waals surface area contributed by atoms with Crippen LogP contribution in [-0.2, 0) is 6.54 Å². The molecule has 0 amide bonds. The van der Waals surface area contributed by atoms with E-state index in [9.17, 15) is 0 Å². The molecular weight excluding hydrogens is 330 g/mol. The predicted molar refractivity (Wildman–Crippen MR) is 106 cm³/mol. The van der Waals surface area contributed by atoms with Gasteiger partial charge in [0.15, 0.2) is 5.96 Å². The molecule has 2 N–H and O–H groups in total. The van der Waals surface area contributed by atoms with E-state index in [0.29, 0.717) is 6.54 Å². The van der Waals surface area contributed by atoms with Gasteiger partial charge in [0.05, 0.1) is 12.2 Å². The van der Waals surface area contributed by atoms with Crippen molar-refractivity contribution in [2.24, 2.45) is 4.99 Å². The largest absolute Gasteiger partial charge is 0.355 e. The van der Waals surface area contributed by atoms with E-state index in [1.807, 2.05) is 25.2 Å². The van der Waals surface area contributed by atoms with Crippen molar-refractivity contribution in [3.05, 3.63) is 41.4 Å². The van der Waals surface area contributed by atoms with Crippen LogP contribution in [0.15, 0.2) is 40.7 Å². The van der Waals surface area contributed by atoms with Crippen LogP contribution in [-0.4, -0.2) is 49.1 Å². The number of guanidine groups is 1. The van der Waals surface area contributed by atoms with Gasteiger partial charge in [0.1, 0.15) is 5.01 Å². The second-order valence-corrected chi connectivity index (χ2v) is 7.12. The maximum absolute atomic E-state index is 4.71. The normalized spacial score (nSPS) is 16.0. The summed E-state index contributed by atoms with van der Waals surface area (Å²) >= 11 is 1.68. The number of nitrogens with zero attached hydrogens (tertiary/aromatic N) is 3. The SMILES string of the molecule is CN=C(NCCN1CCCCC1)NCc1csc(-c2ccccc2)n1. The van der Waals surface area contributed by atoms with Crippen LogP contribution in [0.3, 0.4) is 0 Å². The molecule has 1 aliphatic heterocycles. The lowest BCUT2D eigenvalue weighted by molar-refractivity contribution is 0.232. The molecule has 6 heteroatoms. The summed E-state index contributed by atoms with van der Waals surface area (Å²) in [5.74, 6) is 0.839. The van der Waals surface area contributed by atoms with E-state index in [0.717, 1.165) is 29.8 Å². The minimum atomic E-state index is 0.687. The molecule has 1 aliphatic rings. The minimum absolute atomic E-state index is 0.687. The lowest BCUT2D eigenvalue weighted by atomic mass is 10.1. The number of thiazole rings is 1. The third kappa shape index (κ3) is 5.54. The third-order valence-corrected chi connectivity index (χ3v) is 5.34. The summed E-state index contributed by atoms with van der Waals surface area (Å²) in [6.45, 7) is 5.15. The Morgan fingerprint density at radius 3 is 2.72 bits per heavy atom. The van der Waals surface area contributed by atoms with Gasteiger partial charge in [-0.3, -0.25) is 4.99 Å². The first-order chi connectivity index (χ1) is 12.3. The molecule has 0 atom stereocenters. The van der Waals surface area contributed by atoms with E-state index in [1.54, 1.807) is 11.3 Å². The highest BCUT2D eigenvalue weighted by Gasteiger charge is 2.09. The molecule has 5 nitrogen and oxygen atoms in total. The van der Waals surface area contributed by atoms with E-state index < -0.39 is 0 Å². The van der Waals surface area contributed by atoms with Crippen molar-refractivity contribution in [3.8, 4) is 10.6 Å². The zero-order valence-corrected chi connectivity index (χ0v) is 15.7. The number of nitrogens with one attached hydrogen (secondary N) is 2. The van der Waals surface area contributed by atoms with Gasteiger partial charge < -0.3 is 15.5 Å². The molecule has 0 saturated carbocycles. The molecule has 1 fully saturated rings. The molecule has 2 aromatic rings. The van der Waals surface area contributed by atoms with Gasteiger partial charge in [-0.25, -0.2) is 4.98 Å². The number of likely N-dealkylation sites (tertiary alicyclic amines) is 1. The molecule has 134 valence electrons. The van der Waals surface area contributed by atoms with Gasteiger partial charge in [0.25, 0.3) is 0 Å². The van der Waals surface area contributed by atoms with Crippen LogP contribution < -0.4 is 10.6 Å². The van der Waals surface area contributed by atoms with E-state index in [4.69, 9.17) is 4.98 Å². The molecule has 0 aliphatic carbocycles. The molecule has 0 bridgehead atoms. The number of aliphatic imine (C=N–C) groups is 1. The van der Waals surface area contributed by atoms with Crippen LogP contribution in [0.5, 0.6) is 0 Å². The first-order valence-electron chi connectivity index (χ1n) is 9.02. The molecule has 1 saturated heterocycles. The van der Waals surface area contributed by atoms with Crippen molar-refractivity contribution in [2.75, 3.05) is 33.2 Å². The van der Waals surface area contributed by atoms with Gasteiger partial charge in [0.2, 0.25) is 0 Å². The molecule has 3 rings (SSSR count). The average molecular weight is 358 g/mol. The standard InChI is InChI=1S/C19H27N5S/c1-20-19(21-10-13-24-11-6-3-7-12-24)22-14-17-15-25-18(23-17)16-8-4-2-5-9-16/h2,4-5,8-9,15H,3,6-7,10-14H2,1H3,(H2,20,21,22). The monoisotopic (exact) mass is 357 g/mol. The molecule has 0 radical (unpaired) electrons. The highest BCUT2D eigenvalue weighted by Crippen LogP contribution is 2.23. The highest BCUT2D eigenvalue weighted by atomic mass is 32.1. The zero-order valence-electron chi connectivity index (χ0n) is 14.9. The lowest BCUT2D eigenvalue weighted by Gasteiger charge is -2.26. The van der Waals surface area contributed by atoms with Crippen molar-refractivity contribution in [2.45, 2.75) is 25.8 Å². The maximum Gasteiger partial charge on any atom is 0.191 e. The summed E-state index contributed by atoms with van der Waals surface area (Å²) in [5.41, 5.74) is 2.21. The quantitative estimate of drug-likeness (QED) is 0.616. The molecule has 1 aromatic carbocycles. The van der Waals surface area contributed by atoms with E-state index in [2.05, 4.69) is 38.0 Å². The number of piperidine rings is 1. The fraction of sp³-hybridized carbons (Fsp3) is 0.474. The van der Waals surface area contributed by atoms with Crippen LogP contribution in [0.2, 0.25) is 0 Å². The van der Waals surface area contributed by atoms with E-state index in [1.165, 1.54) is 37.9 Å². The van der Waals surface area contributed by atoms with Crippen LogP contribution in [0, 0.1) is 0 Å². The summed E-state index contributed by atoms with van der Waals surface area (Å²) in [5, 5.41) is 9.92. The van der Waals surface area contributed by atoms with Crippen LogP contribution >= 0.6 is 11.3 Å². The fourth-order valence-corrected chi connectivity index (χ4v) is 3.84. The Morgan fingerprint density at radius 2 is 1.96 bits per heavy atom. The predicted octanol–water partition coefficient (Wildman–Crippen LogP) is 2.96. The fourth-order valence-electron chi connectivity index (χ4n) is 3.01. The van der Waals surface area contributed by atoms with E-state index in [-0.39, 0.29) is 0 Å². The second kappa shape index (κ2) is 9.53. The van der Waals surface area contributed by atoms with Crippen LogP contribution in [0.1, 0.15) is 25.0 Å². The van der Waals surface area contributed by atoms with Crippen molar-refractivity contribution >= 4 is 17.3 Å². The third-order valence-electron chi connectivity index (χ3n) is 4.40. The van der Waals surface area contributed by atoms with Crippen molar-refractivity contribution in [1.82, 2.24) is 20.5 Å². The first kappa shape index (κ1) is 17.9. The topological polar surface area (TPSA) is 52.6 Å². The smallest absolute Gasteiger partial charge is 0.191 e. The van der Waals surface area contributed by atoms with Gasteiger partial charge in [0, 0.05) is 31.1 Å². The zero-order chi connectivity index (χ0) is 17.3. The second-order valence-electron chi connectivity index (χ2n) is 6.26. The summed E-state index contributed by atoms with van der Waals surface area (Å²) in [4.78, 5) is 11.5. The molecule has 0 spiro atoms. The van der Waals surface area contributed by atoms with Crippen LogP contribution in [0.4, 0.5) is 0 Å². The van der Waals surface area contributed by atoms with Crippen molar-refractivity contribution < 1.29 is 0 Å². The Balaban J connectivity index is 1.43. The Hall–Kier alpha value is -1.92. The summed E-state index contributed by atoms with van der Waals surface area (Å²) in [6, 6.07) is 10.3. The average Bonchev–Trinajstić information content (AvgIpc) is 3.15. The summed E-state index contributed by atoms with van der Waals surface area (Å²) in [6.07, 6.45) is 4.05. The Bertz CT molecular complexity index is 661. The molecule has 1 aromatic heterocycles. The molecular formula is C19H27N5S. The van der Waals surface area contributed by atoms with E-state index >= 15 is 0 Å². The van der Waals surface area contributed by atoms with Crippen molar-refractivity contribution in [3.63, 3.8) is 0 Å². The van der Waals surface area contributed by atoms with Gasteiger partial charge in [-0.1, -0.05) is 36.8 Å². The number of rotatable bonds is 6. The molecule has 0 unspecified atom stereocenters. The Labute approximate surface area is 154 Å². The highest BCUT2D eigenvalue weighted by molar-refractivity contribution is 7.13. The van der Waals surface area contributed by atoms with Gasteiger partial charge in [-0.05, 0) is 25.9 Å². The number of hydrogen-bond donors (Lipinski definition) is 2. The molecule has 2 heterocycles. The van der Waals surface area contributed by atoms with Crippen molar-refractivity contribution in [1.29, 1.82) is 0 Å². The number of hydrogen-bond acceptors (Lipinski definition) is 4. The van der Waals surface area contributed by atoms with Gasteiger partial charge >= 0.3 is 0 Å². The maximum atomic E-state index is 4.71. The Morgan fingerprint density at radius 1 is 1.16 bits per heavy atom. The lowest BCUT2D eigenvalue weighted by Crippen LogP contribution is -2.42. The number of aromatic nitrogens is 1. The molecule has 25 heavy (non-hydrogen) atoms. The summed E-state index contributed by atoms with van der Waals surface area (Å²) in [7, 11) is 1.81. The summed E-state index contributed by atoms with van der Waals surface area (Å²) < 4.78 is 0. The Kier molecular flexibility index (Phi) is 6.82. The number of benzene rings is 1. The van der Waals surface area contributed by atoms with Crippen LogP contribution in [0.25, 0.3) is 10.6 Å². The first-order valence-corrected chi connectivity index (χ1v) is 9.90. The minimum Gasteiger partial charge on any atom is -0.355 e. The van der Waals surface area contributed by atoms with Gasteiger partial charge in [-0.2, -0.15) is 0 Å². The van der Waals surface area contributed by atoms with Gasteiger partial charge in [-0.15, -0.1) is 11.3 Å².